The van der Waals surface area contributed by atoms with Crippen molar-refractivity contribution in [2.75, 3.05) is 18.0 Å². The summed E-state index contributed by atoms with van der Waals surface area (Å²) in [5.41, 5.74) is 2.37. The standard InChI is InChI=1S/C21H20N2OS2/c24-21(22-13-11-16-6-5-15-25-16)12-14-23-17-7-1-3-9-19(17)26-20-10-4-2-8-18(20)23/h1-10,15H,11-14H2,(H,22,24). The van der Waals surface area contributed by atoms with E-state index in [-0.39, 0.29) is 5.91 Å². The van der Waals surface area contributed by atoms with Crippen molar-refractivity contribution in [3.05, 3.63) is 70.9 Å². The van der Waals surface area contributed by atoms with Crippen molar-refractivity contribution in [1.29, 1.82) is 0 Å². The summed E-state index contributed by atoms with van der Waals surface area (Å²) >= 11 is 3.53. The predicted octanol–water partition coefficient (Wildman–Crippen LogP) is 5.10. The van der Waals surface area contributed by atoms with Crippen molar-refractivity contribution >= 4 is 40.4 Å². The van der Waals surface area contributed by atoms with Gasteiger partial charge in [0, 0.05) is 34.2 Å². The maximum atomic E-state index is 12.3. The Morgan fingerprint density at radius 3 is 2.27 bits per heavy atom. The van der Waals surface area contributed by atoms with Gasteiger partial charge in [-0.15, -0.1) is 11.3 Å². The van der Waals surface area contributed by atoms with Gasteiger partial charge in [-0.05, 0) is 42.1 Å². The van der Waals surface area contributed by atoms with Crippen molar-refractivity contribution < 1.29 is 4.79 Å². The van der Waals surface area contributed by atoms with E-state index in [9.17, 15) is 4.79 Å². The molecule has 1 amide bonds. The number of hydrogen-bond donors (Lipinski definition) is 1. The van der Waals surface area contributed by atoms with Crippen LogP contribution in [0.3, 0.4) is 0 Å². The maximum absolute atomic E-state index is 12.3. The molecular formula is C21H20N2OS2. The van der Waals surface area contributed by atoms with E-state index in [0.29, 0.717) is 19.5 Å². The number of anilines is 2. The zero-order chi connectivity index (χ0) is 17.8. The fourth-order valence-corrected chi connectivity index (χ4v) is 4.91. The third-order valence-electron chi connectivity index (χ3n) is 4.37. The molecule has 26 heavy (non-hydrogen) atoms. The minimum Gasteiger partial charge on any atom is -0.356 e. The molecule has 0 radical (unpaired) electrons. The van der Waals surface area contributed by atoms with Gasteiger partial charge in [-0.2, -0.15) is 0 Å². The lowest BCUT2D eigenvalue weighted by Gasteiger charge is -2.32. The molecule has 0 saturated carbocycles. The highest BCUT2D eigenvalue weighted by Crippen LogP contribution is 2.47. The molecule has 1 aliphatic rings. The molecule has 0 aliphatic carbocycles. The van der Waals surface area contributed by atoms with Gasteiger partial charge >= 0.3 is 0 Å². The Hall–Kier alpha value is -2.24. The van der Waals surface area contributed by atoms with Crippen LogP contribution in [0.15, 0.2) is 75.8 Å². The molecule has 0 atom stereocenters. The van der Waals surface area contributed by atoms with Crippen LogP contribution < -0.4 is 10.2 Å². The molecule has 4 rings (SSSR count). The zero-order valence-corrected chi connectivity index (χ0v) is 16.0. The Labute approximate surface area is 162 Å². The lowest BCUT2D eigenvalue weighted by atomic mass is 10.2. The van der Waals surface area contributed by atoms with Gasteiger partial charge < -0.3 is 10.2 Å². The number of nitrogens with zero attached hydrogens (tertiary/aromatic N) is 1. The van der Waals surface area contributed by atoms with Gasteiger partial charge in [0.2, 0.25) is 5.91 Å². The summed E-state index contributed by atoms with van der Waals surface area (Å²) in [5.74, 6) is 0.106. The molecule has 3 nitrogen and oxygen atoms in total. The first kappa shape index (κ1) is 17.2. The quantitative estimate of drug-likeness (QED) is 0.646. The fraction of sp³-hybridized carbons (Fsp3) is 0.190. The second-order valence-electron chi connectivity index (χ2n) is 6.12. The van der Waals surface area contributed by atoms with E-state index in [1.165, 1.54) is 26.0 Å². The monoisotopic (exact) mass is 380 g/mol. The third-order valence-corrected chi connectivity index (χ3v) is 6.43. The van der Waals surface area contributed by atoms with Gasteiger partial charge in [0.15, 0.2) is 0 Å². The maximum Gasteiger partial charge on any atom is 0.221 e. The van der Waals surface area contributed by atoms with Crippen LogP contribution in [-0.2, 0) is 11.2 Å². The van der Waals surface area contributed by atoms with E-state index in [1.54, 1.807) is 23.1 Å². The number of thiophene rings is 1. The smallest absolute Gasteiger partial charge is 0.221 e. The normalized spacial score (nSPS) is 12.4. The van der Waals surface area contributed by atoms with Gasteiger partial charge in [-0.25, -0.2) is 0 Å². The molecule has 1 aromatic heterocycles. The van der Waals surface area contributed by atoms with Gasteiger partial charge in [0.1, 0.15) is 0 Å². The van der Waals surface area contributed by atoms with Crippen molar-refractivity contribution in [3.8, 4) is 0 Å². The van der Waals surface area contributed by atoms with Crippen molar-refractivity contribution in [3.63, 3.8) is 0 Å². The van der Waals surface area contributed by atoms with Crippen molar-refractivity contribution in [2.24, 2.45) is 0 Å². The highest BCUT2D eigenvalue weighted by molar-refractivity contribution is 7.99. The van der Waals surface area contributed by atoms with E-state index < -0.39 is 0 Å². The Morgan fingerprint density at radius 1 is 0.923 bits per heavy atom. The highest BCUT2D eigenvalue weighted by atomic mass is 32.2. The number of carbonyl (C=O) groups excluding carboxylic acids is 1. The van der Waals surface area contributed by atoms with E-state index >= 15 is 0 Å². The minimum absolute atomic E-state index is 0.106. The van der Waals surface area contributed by atoms with E-state index in [2.05, 4.69) is 70.2 Å². The van der Waals surface area contributed by atoms with Crippen molar-refractivity contribution in [1.82, 2.24) is 5.32 Å². The second kappa shape index (κ2) is 7.98. The van der Waals surface area contributed by atoms with Gasteiger partial charge in [-0.3, -0.25) is 4.79 Å². The number of benzene rings is 2. The van der Waals surface area contributed by atoms with Gasteiger partial charge in [0.25, 0.3) is 0 Å². The highest BCUT2D eigenvalue weighted by Gasteiger charge is 2.22. The molecule has 3 aromatic rings. The first-order valence-electron chi connectivity index (χ1n) is 8.74. The Morgan fingerprint density at radius 2 is 1.62 bits per heavy atom. The minimum atomic E-state index is 0.106. The molecule has 0 unspecified atom stereocenters. The molecule has 2 aromatic carbocycles. The van der Waals surface area contributed by atoms with E-state index in [4.69, 9.17) is 0 Å². The van der Waals surface area contributed by atoms with E-state index in [1.807, 2.05) is 6.07 Å². The molecule has 1 aliphatic heterocycles. The van der Waals surface area contributed by atoms with Crippen LogP contribution in [-0.4, -0.2) is 19.0 Å². The predicted molar refractivity (Wildman–Crippen MR) is 110 cm³/mol. The topological polar surface area (TPSA) is 32.3 Å². The van der Waals surface area contributed by atoms with Crippen LogP contribution in [0.4, 0.5) is 11.4 Å². The molecular weight excluding hydrogens is 360 g/mol. The molecule has 1 N–H and O–H groups in total. The van der Waals surface area contributed by atoms with Crippen LogP contribution in [0.25, 0.3) is 0 Å². The summed E-state index contributed by atoms with van der Waals surface area (Å²) in [6.45, 7) is 1.38. The fourth-order valence-electron chi connectivity index (χ4n) is 3.10. The lowest BCUT2D eigenvalue weighted by molar-refractivity contribution is -0.120. The molecule has 5 heteroatoms. The zero-order valence-electron chi connectivity index (χ0n) is 14.4. The second-order valence-corrected chi connectivity index (χ2v) is 8.23. The average Bonchev–Trinajstić information content (AvgIpc) is 3.18. The largest absolute Gasteiger partial charge is 0.356 e. The molecule has 2 heterocycles. The third kappa shape index (κ3) is 3.79. The number of carbonyl (C=O) groups is 1. The molecule has 0 bridgehead atoms. The first-order valence-corrected chi connectivity index (χ1v) is 10.4. The number of fused-ring (bicyclic) bond motifs is 2. The number of hydrogen-bond acceptors (Lipinski definition) is 4. The summed E-state index contributed by atoms with van der Waals surface area (Å²) in [4.78, 5) is 18.3. The summed E-state index contributed by atoms with van der Waals surface area (Å²) in [6.07, 6.45) is 1.38. The molecule has 0 spiro atoms. The Bertz CT molecular complexity index is 847. The summed E-state index contributed by atoms with van der Waals surface area (Å²) < 4.78 is 0. The molecule has 132 valence electrons. The number of nitrogens with one attached hydrogen (secondary N) is 1. The summed E-state index contributed by atoms with van der Waals surface area (Å²) in [7, 11) is 0. The van der Waals surface area contributed by atoms with E-state index in [0.717, 1.165) is 6.42 Å². The van der Waals surface area contributed by atoms with Crippen LogP contribution in [0.1, 0.15) is 11.3 Å². The SMILES string of the molecule is O=C(CCN1c2ccccc2Sc2ccccc21)NCCc1cccs1. The van der Waals surface area contributed by atoms with Crippen LogP contribution in [0.2, 0.25) is 0 Å². The van der Waals surface area contributed by atoms with Crippen LogP contribution in [0.5, 0.6) is 0 Å². The number of amides is 1. The van der Waals surface area contributed by atoms with Crippen LogP contribution >= 0.6 is 23.1 Å². The Kier molecular flexibility index (Phi) is 5.27. The van der Waals surface area contributed by atoms with Gasteiger partial charge in [0.05, 0.1) is 11.4 Å². The number of rotatable bonds is 6. The first-order chi connectivity index (χ1) is 12.8. The number of para-hydroxylation sites is 2. The van der Waals surface area contributed by atoms with Crippen molar-refractivity contribution in [2.45, 2.75) is 22.6 Å². The lowest BCUT2D eigenvalue weighted by Crippen LogP contribution is -2.30. The Balaban J connectivity index is 1.40. The summed E-state index contributed by atoms with van der Waals surface area (Å²) in [6, 6.07) is 20.9. The van der Waals surface area contributed by atoms with Crippen LogP contribution in [0, 0.1) is 0 Å². The molecule has 0 saturated heterocycles. The summed E-state index contributed by atoms with van der Waals surface area (Å²) in [5, 5.41) is 5.11. The van der Waals surface area contributed by atoms with Gasteiger partial charge in [-0.1, -0.05) is 42.1 Å². The average molecular weight is 381 g/mol. The molecule has 0 fully saturated rings.